The molecule has 3 unspecified atom stereocenters. The minimum absolute atomic E-state index is 0.00271. The van der Waals surface area contributed by atoms with Gasteiger partial charge in [-0.1, -0.05) is 204 Å². The summed E-state index contributed by atoms with van der Waals surface area (Å²) in [6.07, 6.45) is 54.4. The lowest BCUT2D eigenvalue weighted by Crippen LogP contribution is -2.46. The number of ether oxygens (including phenoxy) is 1. The van der Waals surface area contributed by atoms with Crippen LogP contribution in [0, 0.1) is 0 Å². The van der Waals surface area contributed by atoms with Crippen molar-refractivity contribution in [3.8, 4) is 0 Å². The zero-order valence-electron chi connectivity index (χ0n) is 37.5. The van der Waals surface area contributed by atoms with Crippen LogP contribution in [0.1, 0.15) is 226 Å². The third kappa shape index (κ3) is 40.1. The van der Waals surface area contributed by atoms with E-state index in [1.165, 1.54) is 103 Å². The second-order valence-corrected chi connectivity index (χ2v) is 16.2. The Kier molecular flexibility index (Phi) is 42.7. The molecular weight excluding hydrogens is 707 g/mol. The summed E-state index contributed by atoms with van der Waals surface area (Å²) in [4.78, 5) is 26.0. The third-order valence-corrected chi connectivity index (χ3v) is 10.6. The highest BCUT2D eigenvalue weighted by molar-refractivity contribution is 5.77. The molecule has 0 saturated heterocycles. The van der Waals surface area contributed by atoms with Gasteiger partial charge in [0.05, 0.1) is 25.2 Å². The predicted octanol–water partition coefficient (Wildman–Crippen LogP) is 14.1. The largest absolute Gasteiger partial charge is 0.461 e. The molecular formula is C51H91NO5. The molecule has 0 aromatic heterocycles. The molecule has 1 amide bonds. The number of unbranched alkanes of at least 4 members (excludes halogenated alkanes) is 21. The van der Waals surface area contributed by atoms with Crippen molar-refractivity contribution < 1.29 is 24.5 Å². The predicted molar refractivity (Wildman–Crippen MR) is 245 cm³/mol. The Morgan fingerprint density at radius 3 is 1.53 bits per heavy atom. The zero-order chi connectivity index (χ0) is 41.7. The molecule has 0 aliphatic heterocycles. The van der Waals surface area contributed by atoms with E-state index in [1.807, 2.05) is 12.2 Å². The lowest BCUT2D eigenvalue weighted by atomic mass is 10.0. The van der Waals surface area contributed by atoms with Crippen molar-refractivity contribution in [1.29, 1.82) is 0 Å². The van der Waals surface area contributed by atoms with Gasteiger partial charge in [0.1, 0.15) is 6.10 Å². The molecule has 6 heteroatoms. The van der Waals surface area contributed by atoms with E-state index in [1.54, 1.807) is 0 Å². The van der Waals surface area contributed by atoms with Crippen LogP contribution in [0.5, 0.6) is 0 Å². The Morgan fingerprint density at radius 1 is 0.526 bits per heavy atom. The maximum absolute atomic E-state index is 13.1. The molecule has 57 heavy (non-hydrogen) atoms. The number of aliphatic hydroxyl groups excluding tert-OH is 2. The van der Waals surface area contributed by atoms with Crippen molar-refractivity contribution in [3.05, 3.63) is 60.8 Å². The Hall–Kier alpha value is -2.44. The normalized spacial score (nSPS) is 13.8. The summed E-state index contributed by atoms with van der Waals surface area (Å²) in [5.74, 6) is -0.590. The second kappa shape index (κ2) is 44.7. The summed E-state index contributed by atoms with van der Waals surface area (Å²) in [5.41, 5.74) is 0. The average molecular weight is 798 g/mol. The van der Waals surface area contributed by atoms with Crippen molar-refractivity contribution >= 4 is 11.9 Å². The SMILES string of the molecule is CCC/C=C\CCCCCCCC(=O)OC(C/C=C\C/C=C\C/C=C\C/C=C\CCCCC)CC(=O)NC(CO)C(O)CCCCCCCCCCCCCCC. The van der Waals surface area contributed by atoms with Gasteiger partial charge in [0, 0.05) is 12.8 Å². The number of amides is 1. The molecule has 0 spiro atoms. The van der Waals surface area contributed by atoms with E-state index < -0.39 is 18.2 Å². The van der Waals surface area contributed by atoms with Crippen LogP contribution in [0.3, 0.4) is 0 Å². The number of hydrogen-bond acceptors (Lipinski definition) is 5. The Morgan fingerprint density at radius 2 is 0.965 bits per heavy atom. The number of hydrogen-bond donors (Lipinski definition) is 3. The number of aliphatic hydroxyl groups is 2. The van der Waals surface area contributed by atoms with Gasteiger partial charge in [-0.05, 0) is 64.2 Å². The van der Waals surface area contributed by atoms with Gasteiger partial charge >= 0.3 is 5.97 Å². The molecule has 0 fully saturated rings. The summed E-state index contributed by atoms with van der Waals surface area (Å²) in [6, 6.07) is -0.732. The molecule has 6 nitrogen and oxygen atoms in total. The van der Waals surface area contributed by atoms with E-state index in [0.29, 0.717) is 19.3 Å². The Labute approximate surface area is 352 Å². The van der Waals surface area contributed by atoms with Gasteiger partial charge in [-0.3, -0.25) is 9.59 Å². The van der Waals surface area contributed by atoms with Crippen LogP contribution in [-0.4, -0.2) is 46.9 Å². The molecule has 0 bridgehead atoms. The van der Waals surface area contributed by atoms with E-state index in [2.05, 4.69) is 74.7 Å². The highest BCUT2D eigenvalue weighted by Gasteiger charge is 2.23. The minimum Gasteiger partial charge on any atom is -0.461 e. The van der Waals surface area contributed by atoms with Crippen LogP contribution in [0.4, 0.5) is 0 Å². The summed E-state index contributed by atoms with van der Waals surface area (Å²) < 4.78 is 5.83. The maximum atomic E-state index is 13.1. The molecule has 0 aliphatic carbocycles. The number of carbonyl (C=O) groups is 2. The molecule has 0 heterocycles. The van der Waals surface area contributed by atoms with Gasteiger partial charge in [-0.25, -0.2) is 0 Å². The van der Waals surface area contributed by atoms with Crippen LogP contribution in [0.15, 0.2) is 60.8 Å². The van der Waals surface area contributed by atoms with Crippen molar-refractivity contribution in [1.82, 2.24) is 5.32 Å². The first-order valence-corrected chi connectivity index (χ1v) is 24.0. The lowest BCUT2D eigenvalue weighted by Gasteiger charge is -2.24. The van der Waals surface area contributed by atoms with Crippen LogP contribution >= 0.6 is 0 Å². The van der Waals surface area contributed by atoms with Gasteiger partial charge in [0.2, 0.25) is 5.91 Å². The van der Waals surface area contributed by atoms with Crippen molar-refractivity contribution in [3.63, 3.8) is 0 Å². The van der Waals surface area contributed by atoms with Crippen LogP contribution in [0.25, 0.3) is 0 Å². The first kappa shape index (κ1) is 54.6. The third-order valence-electron chi connectivity index (χ3n) is 10.6. The minimum atomic E-state index is -0.812. The van der Waals surface area contributed by atoms with Crippen LogP contribution < -0.4 is 5.32 Å². The summed E-state index contributed by atoms with van der Waals surface area (Å²) in [5, 5.41) is 23.6. The van der Waals surface area contributed by atoms with E-state index in [9.17, 15) is 19.8 Å². The number of esters is 1. The molecule has 0 aromatic carbocycles. The molecule has 0 aromatic rings. The number of nitrogens with one attached hydrogen (secondary N) is 1. The highest BCUT2D eigenvalue weighted by atomic mass is 16.5. The summed E-state index contributed by atoms with van der Waals surface area (Å²) in [6.45, 7) is 6.35. The van der Waals surface area contributed by atoms with Gasteiger partial charge in [0.15, 0.2) is 0 Å². The van der Waals surface area contributed by atoms with E-state index in [4.69, 9.17) is 4.74 Å². The number of rotatable bonds is 42. The standard InChI is InChI=1S/C51H91NO5/c1-4-7-10-13-16-19-22-24-25-27-28-30-33-36-39-42-47(57-51(56)44-41-38-35-32-21-18-15-12-9-6-3)45-50(55)52-48(46-53)49(54)43-40-37-34-31-29-26-23-20-17-14-11-8-5-2/h12,15-16,19,24-25,28,30,36,39,47-49,53-54H,4-11,13-14,17-18,20-23,26-27,29,31-35,37-38,40-46H2,1-3H3,(H,52,55)/b15-12-,19-16-,25-24-,30-28-,39-36-. The topological polar surface area (TPSA) is 95.9 Å². The van der Waals surface area contributed by atoms with Gasteiger partial charge in [-0.15, -0.1) is 0 Å². The zero-order valence-corrected chi connectivity index (χ0v) is 37.5. The Bertz CT molecular complexity index is 1030. The van der Waals surface area contributed by atoms with Gasteiger partial charge in [0.25, 0.3) is 0 Å². The fraction of sp³-hybridized carbons (Fsp3) is 0.765. The molecule has 0 radical (unpaired) electrons. The quantitative estimate of drug-likeness (QED) is 0.0325. The average Bonchev–Trinajstić information content (AvgIpc) is 3.20. The second-order valence-electron chi connectivity index (χ2n) is 16.2. The highest BCUT2D eigenvalue weighted by Crippen LogP contribution is 2.16. The first-order chi connectivity index (χ1) is 28.0. The van der Waals surface area contributed by atoms with Gasteiger partial charge in [-0.2, -0.15) is 0 Å². The number of carbonyl (C=O) groups excluding carboxylic acids is 2. The molecule has 3 N–H and O–H groups in total. The molecule has 0 rings (SSSR count). The molecule has 0 aliphatic rings. The first-order valence-electron chi connectivity index (χ1n) is 24.0. The van der Waals surface area contributed by atoms with Crippen molar-refractivity contribution in [2.45, 2.75) is 244 Å². The molecule has 330 valence electrons. The summed E-state index contributed by atoms with van der Waals surface area (Å²) in [7, 11) is 0. The Balaban J connectivity index is 4.72. The van der Waals surface area contributed by atoms with Crippen LogP contribution in [-0.2, 0) is 14.3 Å². The smallest absolute Gasteiger partial charge is 0.306 e. The van der Waals surface area contributed by atoms with Crippen molar-refractivity contribution in [2.75, 3.05) is 6.61 Å². The maximum Gasteiger partial charge on any atom is 0.306 e. The summed E-state index contributed by atoms with van der Waals surface area (Å²) >= 11 is 0. The number of allylic oxidation sites excluding steroid dienone is 9. The fourth-order valence-electron chi connectivity index (χ4n) is 6.88. The monoisotopic (exact) mass is 798 g/mol. The molecule has 3 atom stereocenters. The van der Waals surface area contributed by atoms with E-state index >= 15 is 0 Å². The van der Waals surface area contributed by atoms with Crippen LogP contribution in [0.2, 0.25) is 0 Å². The van der Waals surface area contributed by atoms with Crippen molar-refractivity contribution in [2.24, 2.45) is 0 Å². The van der Waals surface area contributed by atoms with Gasteiger partial charge < -0.3 is 20.3 Å². The van der Waals surface area contributed by atoms with E-state index in [-0.39, 0.29) is 24.9 Å². The molecule has 0 saturated carbocycles. The lowest BCUT2D eigenvalue weighted by molar-refractivity contribution is -0.150. The fourth-order valence-corrected chi connectivity index (χ4v) is 6.88. The van der Waals surface area contributed by atoms with E-state index in [0.717, 1.165) is 77.0 Å².